The van der Waals surface area contributed by atoms with Crippen LogP contribution in [0.15, 0.2) is 65.1 Å². The Morgan fingerprint density at radius 3 is 2.50 bits per heavy atom. The van der Waals surface area contributed by atoms with Gasteiger partial charge in [0.15, 0.2) is 5.76 Å². The van der Waals surface area contributed by atoms with Gasteiger partial charge >= 0.3 is 0 Å². The summed E-state index contributed by atoms with van der Waals surface area (Å²) in [7, 11) is 0. The maximum atomic E-state index is 12.3. The van der Waals surface area contributed by atoms with Gasteiger partial charge in [0.05, 0.1) is 10.7 Å². The molecule has 0 aliphatic carbocycles. The number of carbonyl (C=O) groups is 1. The molecule has 0 spiro atoms. The number of para-hydroxylation sites is 1. The second-order valence-corrected chi connectivity index (χ2v) is 6.15. The summed E-state index contributed by atoms with van der Waals surface area (Å²) in [5.41, 5.74) is 1.52. The molecular weight excluding hydrogens is 413 g/mol. The molecule has 0 unspecified atom stereocenters. The van der Waals surface area contributed by atoms with Crippen LogP contribution in [0, 0.1) is 3.57 Å². The Bertz CT molecular complexity index is 829. The van der Waals surface area contributed by atoms with Crippen LogP contribution in [0.2, 0.25) is 5.02 Å². The fourth-order valence-corrected chi connectivity index (χ4v) is 2.76. The Morgan fingerprint density at radius 2 is 1.73 bits per heavy atom. The third-order valence-corrected chi connectivity index (χ3v) is 4.36. The number of halogens is 2. The van der Waals surface area contributed by atoms with Gasteiger partial charge in [0.2, 0.25) is 0 Å². The van der Waals surface area contributed by atoms with Crippen LogP contribution in [0.25, 0.3) is 11.3 Å². The van der Waals surface area contributed by atoms with Crippen molar-refractivity contribution in [1.82, 2.24) is 0 Å². The Labute approximate surface area is 146 Å². The summed E-state index contributed by atoms with van der Waals surface area (Å²) in [6.45, 7) is 0. The van der Waals surface area contributed by atoms with Crippen molar-refractivity contribution >= 4 is 45.8 Å². The van der Waals surface area contributed by atoms with Crippen LogP contribution in [-0.2, 0) is 0 Å². The van der Waals surface area contributed by atoms with Crippen LogP contribution < -0.4 is 5.32 Å². The highest BCUT2D eigenvalue weighted by atomic mass is 127. The molecular formula is C17H11ClINO2. The average molecular weight is 424 g/mol. The Kier molecular flexibility index (Phi) is 4.49. The first-order valence-corrected chi connectivity index (χ1v) is 8.01. The minimum Gasteiger partial charge on any atom is -0.451 e. The predicted octanol–water partition coefficient (Wildman–Crippen LogP) is 5.46. The molecule has 0 fully saturated rings. The molecule has 22 heavy (non-hydrogen) atoms. The van der Waals surface area contributed by atoms with Gasteiger partial charge in [-0.1, -0.05) is 35.9 Å². The third kappa shape index (κ3) is 3.18. The van der Waals surface area contributed by atoms with Crippen molar-refractivity contribution in [2.45, 2.75) is 0 Å². The molecule has 1 heterocycles. The summed E-state index contributed by atoms with van der Waals surface area (Å²) in [6.07, 6.45) is 0. The third-order valence-electron chi connectivity index (χ3n) is 3.09. The smallest absolute Gasteiger partial charge is 0.291 e. The van der Waals surface area contributed by atoms with E-state index in [2.05, 4.69) is 27.9 Å². The first-order valence-electron chi connectivity index (χ1n) is 6.56. The molecule has 3 aromatic rings. The zero-order valence-electron chi connectivity index (χ0n) is 11.3. The summed E-state index contributed by atoms with van der Waals surface area (Å²) < 4.78 is 6.59. The van der Waals surface area contributed by atoms with E-state index in [1.165, 1.54) is 0 Å². The van der Waals surface area contributed by atoms with Gasteiger partial charge in [0.1, 0.15) is 5.76 Å². The van der Waals surface area contributed by atoms with Gasteiger partial charge in [-0.15, -0.1) is 0 Å². The molecule has 5 heteroatoms. The number of hydrogen-bond donors (Lipinski definition) is 1. The van der Waals surface area contributed by atoms with Crippen LogP contribution in [0.3, 0.4) is 0 Å². The van der Waals surface area contributed by atoms with E-state index in [1.54, 1.807) is 18.2 Å². The SMILES string of the molecule is O=C(Nc1ccccc1I)c1ccc(-c2ccccc2Cl)o1. The fraction of sp³-hybridized carbons (Fsp3) is 0. The van der Waals surface area contributed by atoms with Gasteiger partial charge in [0, 0.05) is 9.13 Å². The van der Waals surface area contributed by atoms with Gasteiger partial charge in [-0.3, -0.25) is 4.79 Å². The zero-order valence-corrected chi connectivity index (χ0v) is 14.3. The van der Waals surface area contributed by atoms with Crippen molar-refractivity contribution < 1.29 is 9.21 Å². The molecule has 3 nitrogen and oxygen atoms in total. The molecule has 1 N–H and O–H groups in total. The van der Waals surface area contributed by atoms with Crippen LogP contribution in [0.4, 0.5) is 5.69 Å². The van der Waals surface area contributed by atoms with E-state index in [9.17, 15) is 4.79 Å². The highest BCUT2D eigenvalue weighted by Gasteiger charge is 2.14. The van der Waals surface area contributed by atoms with Crippen molar-refractivity contribution in [3.8, 4) is 11.3 Å². The standard InChI is InChI=1S/C17H11ClINO2/c18-12-6-2-1-5-11(12)15-9-10-16(22-15)17(21)20-14-8-4-3-7-13(14)19/h1-10H,(H,20,21). The molecule has 1 amide bonds. The van der Waals surface area contributed by atoms with Crippen LogP contribution in [-0.4, -0.2) is 5.91 Å². The lowest BCUT2D eigenvalue weighted by molar-refractivity contribution is 0.0997. The van der Waals surface area contributed by atoms with E-state index >= 15 is 0 Å². The van der Waals surface area contributed by atoms with E-state index < -0.39 is 0 Å². The monoisotopic (exact) mass is 423 g/mol. The number of furan rings is 1. The number of nitrogens with one attached hydrogen (secondary N) is 1. The summed E-state index contributed by atoms with van der Waals surface area (Å²) in [5.74, 6) is 0.524. The van der Waals surface area contributed by atoms with Gasteiger partial charge in [-0.05, 0) is 59.0 Å². The molecule has 0 radical (unpaired) electrons. The van der Waals surface area contributed by atoms with Crippen LogP contribution >= 0.6 is 34.2 Å². The second-order valence-electron chi connectivity index (χ2n) is 4.58. The highest BCUT2D eigenvalue weighted by Crippen LogP contribution is 2.29. The molecule has 3 rings (SSSR count). The first-order chi connectivity index (χ1) is 10.6. The second kappa shape index (κ2) is 6.54. The normalized spacial score (nSPS) is 10.5. The van der Waals surface area contributed by atoms with E-state index in [4.69, 9.17) is 16.0 Å². The lowest BCUT2D eigenvalue weighted by atomic mass is 10.2. The van der Waals surface area contributed by atoms with E-state index in [1.807, 2.05) is 42.5 Å². The van der Waals surface area contributed by atoms with Crippen molar-refractivity contribution in [2.75, 3.05) is 5.32 Å². The van der Waals surface area contributed by atoms with Gasteiger partial charge in [0.25, 0.3) is 5.91 Å². The van der Waals surface area contributed by atoms with Crippen LogP contribution in [0.1, 0.15) is 10.6 Å². The molecule has 0 saturated heterocycles. The number of carbonyl (C=O) groups excluding carboxylic acids is 1. The number of amides is 1. The summed E-state index contributed by atoms with van der Waals surface area (Å²) in [5, 5.41) is 3.42. The Hall–Kier alpha value is -1.79. The minimum absolute atomic E-state index is 0.245. The summed E-state index contributed by atoms with van der Waals surface area (Å²) in [6, 6.07) is 18.3. The lowest BCUT2D eigenvalue weighted by Crippen LogP contribution is -2.11. The first kappa shape index (κ1) is 15.1. The molecule has 2 aromatic carbocycles. The minimum atomic E-state index is -0.289. The molecule has 110 valence electrons. The molecule has 0 bridgehead atoms. The molecule has 0 atom stereocenters. The lowest BCUT2D eigenvalue weighted by Gasteiger charge is -2.05. The van der Waals surface area contributed by atoms with Gasteiger partial charge in [-0.25, -0.2) is 0 Å². The van der Waals surface area contributed by atoms with Gasteiger partial charge in [-0.2, -0.15) is 0 Å². The number of anilines is 1. The number of hydrogen-bond acceptors (Lipinski definition) is 2. The number of rotatable bonds is 3. The van der Waals surface area contributed by atoms with Gasteiger partial charge < -0.3 is 9.73 Å². The van der Waals surface area contributed by atoms with Crippen molar-refractivity contribution in [2.24, 2.45) is 0 Å². The maximum absolute atomic E-state index is 12.3. The fourth-order valence-electron chi connectivity index (χ4n) is 2.01. The van der Waals surface area contributed by atoms with Crippen molar-refractivity contribution in [3.05, 3.63) is 75.0 Å². The Morgan fingerprint density at radius 1 is 1.00 bits per heavy atom. The summed E-state index contributed by atoms with van der Waals surface area (Å²) in [4.78, 5) is 12.3. The highest BCUT2D eigenvalue weighted by molar-refractivity contribution is 14.1. The Balaban J connectivity index is 1.84. The molecule has 0 aliphatic rings. The zero-order chi connectivity index (χ0) is 15.5. The topological polar surface area (TPSA) is 42.2 Å². The van der Waals surface area contributed by atoms with E-state index in [0.29, 0.717) is 10.8 Å². The molecule has 0 saturated carbocycles. The quantitative estimate of drug-likeness (QED) is 0.569. The van der Waals surface area contributed by atoms with Crippen molar-refractivity contribution in [3.63, 3.8) is 0 Å². The number of benzene rings is 2. The maximum Gasteiger partial charge on any atom is 0.291 e. The van der Waals surface area contributed by atoms with Crippen molar-refractivity contribution in [1.29, 1.82) is 0 Å². The summed E-state index contributed by atoms with van der Waals surface area (Å²) >= 11 is 8.31. The molecule has 0 aliphatic heterocycles. The average Bonchev–Trinajstić information content (AvgIpc) is 3.00. The largest absolute Gasteiger partial charge is 0.451 e. The van der Waals surface area contributed by atoms with E-state index in [0.717, 1.165) is 14.8 Å². The van der Waals surface area contributed by atoms with E-state index in [-0.39, 0.29) is 11.7 Å². The van der Waals surface area contributed by atoms with Crippen LogP contribution in [0.5, 0.6) is 0 Å². The predicted molar refractivity (Wildman–Crippen MR) is 96.3 cm³/mol. The molecule has 1 aromatic heterocycles.